The molecule has 2 aromatic rings. The van der Waals surface area contributed by atoms with Crippen LogP contribution in [0.25, 0.3) is 0 Å². The summed E-state index contributed by atoms with van der Waals surface area (Å²) in [6.07, 6.45) is 9.42. The standard InChI is InChI=1S/C17H17N3O2/c21-16-12-5-1-2-6-13(12)17(22)20(16)15-8-4-3-7-14(15)19-10-9-18-11-19/h1-2,5-6,9-11,14-15H,3-4,7-8H2/t14-,15-/m0/s1. The predicted molar refractivity (Wildman–Crippen MR) is 80.5 cm³/mol. The maximum atomic E-state index is 12.7. The van der Waals surface area contributed by atoms with Crippen LogP contribution < -0.4 is 0 Å². The first kappa shape index (κ1) is 13.2. The first-order valence-electron chi connectivity index (χ1n) is 7.72. The zero-order valence-corrected chi connectivity index (χ0v) is 12.2. The summed E-state index contributed by atoms with van der Waals surface area (Å²) in [6, 6.07) is 7.13. The molecule has 2 amide bonds. The number of carbonyl (C=O) groups is 2. The lowest BCUT2D eigenvalue weighted by molar-refractivity contribution is 0.0481. The summed E-state index contributed by atoms with van der Waals surface area (Å²) in [5.74, 6) is -0.310. The molecule has 0 N–H and O–H groups in total. The quantitative estimate of drug-likeness (QED) is 0.800. The number of rotatable bonds is 2. The van der Waals surface area contributed by atoms with E-state index in [9.17, 15) is 9.59 Å². The van der Waals surface area contributed by atoms with Crippen molar-refractivity contribution < 1.29 is 9.59 Å². The molecule has 1 saturated carbocycles. The maximum absolute atomic E-state index is 12.7. The zero-order valence-electron chi connectivity index (χ0n) is 12.2. The maximum Gasteiger partial charge on any atom is 0.261 e. The van der Waals surface area contributed by atoms with Gasteiger partial charge in [-0.1, -0.05) is 25.0 Å². The second-order valence-corrected chi connectivity index (χ2v) is 5.95. The van der Waals surface area contributed by atoms with Gasteiger partial charge in [0.15, 0.2) is 0 Å². The Kier molecular flexibility index (Phi) is 3.06. The Morgan fingerprint density at radius 1 is 0.955 bits per heavy atom. The Bertz CT molecular complexity index is 688. The Balaban J connectivity index is 1.72. The van der Waals surface area contributed by atoms with Crippen molar-refractivity contribution in [3.8, 4) is 0 Å². The van der Waals surface area contributed by atoms with Gasteiger partial charge in [-0.25, -0.2) is 4.98 Å². The molecule has 5 nitrogen and oxygen atoms in total. The van der Waals surface area contributed by atoms with Crippen LogP contribution in [-0.4, -0.2) is 32.3 Å². The van der Waals surface area contributed by atoms with Crippen LogP contribution in [0.5, 0.6) is 0 Å². The normalized spacial score (nSPS) is 24.6. The Morgan fingerprint density at radius 2 is 1.59 bits per heavy atom. The average Bonchev–Trinajstić information content (AvgIpc) is 3.16. The van der Waals surface area contributed by atoms with Crippen LogP contribution in [-0.2, 0) is 0 Å². The fourth-order valence-electron chi connectivity index (χ4n) is 3.72. The van der Waals surface area contributed by atoms with E-state index >= 15 is 0 Å². The van der Waals surface area contributed by atoms with E-state index in [0.717, 1.165) is 25.7 Å². The van der Waals surface area contributed by atoms with Gasteiger partial charge in [-0.3, -0.25) is 14.5 Å². The highest BCUT2D eigenvalue weighted by molar-refractivity contribution is 6.21. The number of benzene rings is 1. The van der Waals surface area contributed by atoms with Crippen molar-refractivity contribution in [2.75, 3.05) is 0 Å². The third kappa shape index (κ3) is 1.89. The molecule has 1 fully saturated rings. The van der Waals surface area contributed by atoms with Gasteiger partial charge in [0.1, 0.15) is 0 Å². The van der Waals surface area contributed by atoms with Crippen molar-refractivity contribution in [3.63, 3.8) is 0 Å². The summed E-state index contributed by atoms with van der Waals surface area (Å²) in [7, 11) is 0. The van der Waals surface area contributed by atoms with Crippen molar-refractivity contribution in [1.29, 1.82) is 0 Å². The van der Waals surface area contributed by atoms with E-state index in [1.165, 1.54) is 4.90 Å². The molecule has 0 spiro atoms. The van der Waals surface area contributed by atoms with Crippen molar-refractivity contribution in [3.05, 3.63) is 54.1 Å². The number of nitrogens with zero attached hydrogens (tertiary/aromatic N) is 3. The lowest BCUT2D eigenvalue weighted by Crippen LogP contribution is -2.46. The minimum atomic E-state index is -0.155. The number of imidazole rings is 1. The van der Waals surface area contributed by atoms with Crippen molar-refractivity contribution >= 4 is 11.8 Å². The molecule has 112 valence electrons. The monoisotopic (exact) mass is 295 g/mol. The summed E-state index contributed by atoms with van der Waals surface area (Å²) in [5, 5.41) is 0. The molecule has 2 aliphatic rings. The van der Waals surface area contributed by atoms with Gasteiger partial charge < -0.3 is 4.57 Å². The minimum Gasteiger partial charge on any atom is -0.332 e. The Hall–Kier alpha value is -2.43. The van der Waals surface area contributed by atoms with Gasteiger partial charge in [0.05, 0.1) is 29.5 Å². The van der Waals surface area contributed by atoms with Gasteiger partial charge in [-0.05, 0) is 25.0 Å². The van der Waals surface area contributed by atoms with Crippen LogP contribution >= 0.6 is 0 Å². The molecule has 1 aliphatic carbocycles. The van der Waals surface area contributed by atoms with Crippen molar-refractivity contribution in [2.24, 2.45) is 0 Å². The number of hydrogen-bond acceptors (Lipinski definition) is 3. The first-order valence-corrected chi connectivity index (χ1v) is 7.72. The summed E-state index contributed by atoms with van der Waals surface area (Å²) in [4.78, 5) is 31.0. The number of hydrogen-bond donors (Lipinski definition) is 0. The van der Waals surface area contributed by atoms with Gasteiger partial charge in [0.2, 0.25) is 0 Å². The van der Waals surface area contributed by atoms with Crippen molar-refractivity contribution in [2.45, 2.75) is 37.8 Å². The SMILES string of the molecule is O=C1c2ccccc2C(=O)N1[C@H]1CCCC[C@@H]1n1ccnc1. The van der Waals surface area contributed by atoms with E-state index in [4.69, 9.17) is 0 Å². The van der Waals surface area contributed by atoms with Gasteiger partial charge >= 0.3 is 0 Å². The second kappa shape index (κ2) is 5.09. The highest BCUT2D eigenvalue weighted by atomic mass is 16.2. The highest BCUT2D eigenvalue weighted by Crippen LogP contribution is 2.36. The smallest absolute Gasteiger partial charge is 0.261 e. The van der Waals surface area contributed by atoms with E-state index in [2.05, 4.69) is 4.98 Å². The molecule has 0 radical (unpaired) electrons. The Labute approximate surface area is 128 Å². The van der Waals surface area contributed by atoms with Crippen LogP contribution in [0.1, 0.15) is 52.4 Å². The highest BCUT2D eigenvalue weighted by Gasteiger charge is 2.43. The van der Waals surface area contributed by atoms with Crippen LogP contribution in [0.4, 0.5) is 0 Å². The van der Waals surface area contributed by atoms with Gasteiger partial charge in [0, 0.05) is 12.4 Å². The van der Waals surface area contributed by atoms with Crippen LogP contribution in [0.3, 0.4) is 0 Å². The zero-order chi connectivity index (χ0) is 15.1. The molecular weight excluding hydrogens is 278 g/mol. The number of amides is 2. The molecule has 0 bridgehead atoms. The fourth-order valence-corrected chi connectivity index (χ4v) is 3.72. The average molecular weight is 295 g/mol. The minimum absolute atomic E-state index is 0.0876. The van der Waals surface area contributed by atoms with E-state index < -0.39 is 0 Å². The molecule has 4 rings (SSSR count). The number of fused-ring (bicyclic) bond motifs is 1. The van der Waals surface area contributed by atoms with Gasteiger partial charge in [0.25, 0.3) is 11.8 Å². The van der Waals surface area contributed by atoms with Crippen LogP contribution in [0.2, 0.25) is 0 Å². The fraction of sp³-hybridized carbons (Fsp3) is 0.353. The molecule has 1 aromatic heterocycles. The molecular formula is C17H17N3O2. The summed E-state index contributed by atoms with van der Waals surface area (Å²) in [6.45, 7) is 0. The van der Waals surface area contributed by atoms with E-state index in [1.807, 2.05) is 22.9 Å². The molecule has 5 heteroatoms. The van der Waals surface area contributed by atoms with Gasteiger partial charge in [-0.15, -0.1) is 0 Å². The number of aromatic nitrogens is 2. The van der Waals surface area contributed by atoms with Crippen LogP contribution in [0, 0.1) is 0 Å². The summed E-state index contributed by atoms with van der Waals surface area (Å²) >= 11 is 0. The van der Waals surface area contributed by atoms with Crippen molar-refractivity contribution in [1.82, 2.24) is 14.5 Å². The topological polar surface area (TPSA) is 55.2 Å². The molecule has 0 unspecified atom stereocenters. The lowest BCUT2D eigenvalue weighted by atomic mass is 9.89. The number of carbonyl (C=O) groups excluding carboxylic acids is 2. The molecule has 22 heavy (non-hydrogen) atoms. The third-order valence-electron chi connectivity index (χ3n) is 4.76. The van der Waals surface area contributed by atoms with Gasteiger partial charge in [-0.2, -0.15) is 0 Å². The molecule has 0 saturated heterocycles. The molecule has 2 heterocycles. The summed E-state index contributed by atoms with van der Waals surface area (Å²) in [5.41, 5.74) is 1.06. The first-order chi connectivity index (χ1) is 10.8. The second-order valence-electron chi connectivity index (χ2n) is 5.95. The van der Waals surface area contributed by atoms with E-state index in [-0.39, 0.29) is 23.9 Å². The molecule has 2 atom stereocenters. The van der Waals surface area contributed by atoms with E-state index in [1.54, 1.807) is 24.7 Å². The predicted octanol–water partition coefficient (Wildman–Crippen LogP) is 2.66. The molecule has 1 aromatic carbocycles. The largest absolute Gasteiger partial charge is 0.332 e. The Morgan fingerprint density at radius 3 is 2.18 bits per heavy atom. The summed E-state index contributed by atoms with van der Waals surface area (Å²) < 4.78 is 2.04. The van der Waals surface area contributed by atoms with Crippen LogP contribution in [0.15, 0.2) is 43.0 Å². The number of imide groups is 1. The lowest BCUT2D eigenvalue weighted by Gasteiger charge is -2.37. The molecule has 1 aliphatic heterocycles. The third-order valence-corrected chi connectivity index (χ3v) is 4.76. The van der Waals surface area contributed by atoms with E-state index in [0.29, 0.717) is 11.1 Å².